The van der Waals surface area contributed by atoms with Crippen molar-refractivity contribution in [1.29, 1.82) is 0 Å². The number of nitrogens with one attached hydrogen (secondary N) is 2. The molecule has 17 heavy (non-hydrogen) atoms. The molecule has 2 rings (SSSR count). The first-order valence-electron chi connectivity index (χ1n) is 6.06. The SMILES string of the molecule is CN1CCC[C@@H](NC(=O)C2CC(F)(F)CN2)C1. The minimum Gasteiger partial charge on any atom is -0.351 e. The van der Waals surface area contributed by atoms with E-state index in [0.717, 1.165) is 25.9 Å². The zero-order valence-corrected chi connectivity index (χ0v) is 10.0. The predicted octanol–water partition coefficient (Wildman–Crippen LogP) is 0.194. The first-order chi connectivity index (χ1) is 7.96. The van der Waals surface area contributed by atoms with E-state index >= 15 is 0 Å². The van der Waals surface area contributed by atoms with Gasteiger partial charge >= 0.3 is 0 Å². The molecule has 2 aliphatic rings. The summed E-state index contributed by atoms with van der Waals surface area (Å²) >= 11 is 0. The standard InChI is InChI=1S/C11H19F2N3O/c1-16-4-2-3-8(6-16)15-10(17)9-5-11(12,13)7-14-9/h8-9,14H,2-7H2,1H3,(H,15,17)/t8-,9?/m1/s1. The van der Waals surface area contributed by atoms with Crippen molar-refractivity contribution in [3.63, 3.8) is 0 Å². The van der Waals surface area contributed by atoms with Crippen molar-refractivity contribution in [2.24, 2.45) is 0 Å². The zero-order chi connectivity index (χ0) is 12.5. The number of alkyl halides is 2. The molecule has 4 nitrogen and oxygen atoms in total. The van der Waals surface area contributed by atoms with Crippen LogP contribution in [0.3, 0.4) is 0 Å². The Labute approximate surface area is 99.7 Å². The Morgan fingerprint density at radius 2 is 2.29 bits per heavy atom. The molecule has 1 unspecified atom stereocenters. The molecule has 2 saturated heterocycles. The van der Waals surface area contributed by atoms with Crippen LogP contribution < -0.4 is 10.6 Å². The Morgan fingerprint density at radius 3 is 2.88 bits per heavy atom. The van der Waals surface area contributed by atoms with Crippen molar-refractivity contribution in [2.75, 3.05) is 26.7 Å². The third-order valence-corrected chi connectivity index (χ3v) is 3.40. The highest BCUT2D eigenvalue weighted by Gasteiger charge is 2.42. The van der Waals surface area contributed by atoms with E-state index < -0.39 is 18.5 Å². The molecule has 98 valence electrons. The Balaban J connectivity index is 1.81. The maximum atomic E-state index is 12.9. The maximum absolute atomic E-state index is 12.9. The molecule has 0 spiro atoms. The van der Waals surface area contributed by atoms with E-state index in [4.69, 9.17) is 0 Å². The van der Waals surface area contributed by atoms with Crippen LogP contribution in [0.4, 0.5) is 8.78 Å². The van der Waals surface area contributed by atoms with Gasteiger partial charge in [0, 0.05) is 19.0 Å². The van der Waals surface area contributed by atoms with Gasteiger partial charge in [-0.2, -0.15) is 0 Å². The lowest BCUT2D eigenvalue weighted by Crippen LogP contribution is -2.50. The van der Waals surface area contributed by atoms with Gasteiger partial charge in [0.25, 0.3) is 5.92 Å². The number of carbonyl (C=O) groups excluding carboxylic acids is 1. The second kappa shape index (κ2) is 4.86. The van der Waals surface area contributed by atoms with Gasteiger partial charge in [-0.1, -0.05) is 0 Å². The second-order valence-electron chi connectivity index (χ2n) is 5.10. The van der Waals surface area contributed by atoms with Crippen molar-refractivity contribution in [1.82, 2.24) is 15.5 Å². The third-order valence-electron chi connectivity index (χ3n) is 3.40. The molecule has 0 aromatic rings. The van der Waals surface area contributed by atoms with Crippen LogP contribution in [-0.2, 0) is 4.79 Å². The minimum absolute atomic E-state index is 0.0947. The molecular weight excluding hydrogens is 228 g/mol. The first-order valence-corrected chi connectivity index (χ1v) is 6.06. The molecule has 2 heterocycles. The highest BCUT2D eigenvalue weighted by Crippen LogP contribution is 2.25. The first kappa shape index (κ1) is 12.7. The monoisotopic (exact) mass is 247 g/mol. The molecule has 0 aromatic carbocycles. The number of hydrogen-bond donors (Lipinski definition) is 2. The fourth-order valence-electron chi connectivity index (χ4n) is 2.49. The molecule has 1 amide bonds. The van der Waals surface area contributed by atoms with Crippen LogP contribution in [0.15, 0.2) is 0 Å². The Bertz CT molecular complexity index is 298. The van der Waals surface area contributed by atoms with Gasteiger partial charge in [-0.15, -0.1) is 0 Å². The van der Waals surface area contributed by atoms with Crippen LogP contribution in [0.5, 0.6) is 0 Å². The number of nitrogens with zero attached hydrogens (tertiary/aromatic N) is 1. The Kier molecular flexibility index (Phi) is 3.63. The van der Waals surface area contributed by atoms with Crippen LogP contribution in [0.1, 0.15) is 19.3 Å². The average molecular weight is 247 g/mol. The van der Waals surface area contributed by atoms with E-state index in [1.54, 1.807) is 0 Å². The quantitative estimate of drug-likeness (QED) is 0.732. The molecule has 0 radical (unpaired) electrons. The number of likely N-dealkylation sites (N-methyl/N-ethyl adjacent to an activating group) is 1. The largest absolute Gasteiger partial charge is 0.351 e. The fraction of sp³-hybridized carbons (Fsp3) is 0.909. The molecule has 0 saturated carbocycles. The number of hydrogen-bond acceptors (Lipinski definition) is 3. The van der Waals surface area contributed by atoms with Crippen LogP contribution >= 0.6 is 0 Å². The van der Waals surface area contributed by atoms with Gasteiger partial charge in [0.15, 0.2) is 0 Å². The zero-order valence-electron chi connectivity index (χ0n) is 10.0. The number of amides is 1. The lowest BCUT2D eigenvalue weighted by Gasteiger charge is -2.30. The van der Waals surface area contributed by atoms with E-state index in [-0.39, 0.29) is 18.4 Å². The highest BCUT2D eigenvalue weighted by atomic mass is 19.3. The molecule has 2 atom stereocenters. The average Bonchev–Trinajstić information content (AvgIpc) is 2.59. The number of piperidine rings is 1. The number of rotatable bonds is 2. The van der Waals surface area contributed by atoms with Gasteiger partial charge < -0.3 is 10.2 Å². The number of carbonyl (C=O) groups is 1. The summed E-state index contributed by atoms with van der Waals surface area (Å²) in [6.07, 6.45) is 1.58. The summed E-state index contributed by atoms with van der Waals surface area (Å²) in [4.78, 5) is 13.9. The van der Waals surface area contributed by atoms with E-state index in [1.165, 1.54) is 0 Å². The third kappa shape index (κ3) is 3.35. The normalized spacial score (nSPS) is 33.6. The van der Waals surface area contributed by atoms with E-state index in [0.29, 0.717) is 0 Å². The molecule has 0 aliphatic carbocycles. The molecular formula is C11H19F2N3O. The summed E-state index contributed by atoms with van der Waals surface area (Å²) in [6.45, 7) is 1.44. The van der Waals surface area contributed by atoms with Crippen molar-refractivity contribution < 1.29 is 13.6 Å². The Morgan fingerprint density at radius 1 is 1.53 bits per heavy atom. The van der Waals surface area contributed by atoms with Gasteiger partial charge in [0.2, 0.25) is 5.91 Å². The lowest BCUT2D eigenvalue weighted by atomic mass is 10.1. The van der Waals surface area contributed by atoms with Gasteiger partial charge in [-0.3, -0.25) is 10.1 Å². The van der Waals surface area contributed by atoms with Gasteiger partial charge in [-0.25, -0.2) is 8.78 Å². The van der Waals surface area contributed by atoms with E-state index in [1.807, 2.05) is 7.05 Å². The van der Waals surface area contributed by atoms with E-state index in [2.05, 4.69) is 15.5 Å². The molecule has 0 bridgehead atoms. The topological polar surface area (TPSA) is 44.4 Å². The maximum Gasteiger partial charge on any atom is 0.262 e. The van der Waals surface area contributed by atoms with Crippen LogP contribution in [-0.4, -0.2) is 55.5 Å². The molecule has 2 fully saturated rings. The molecule has 2 N–H and O–H groups in total. The summed E-state index contributed by atoms with van der Waals surface area (Å²) in [5.41, 5.74) is 0. The highest BCUT2D eigenvalue weighted by molar-refractivity contribution is 5.82. The summed E-state index contributed by atoms with van der Waals surface area (Å²) in [6, 6.07) is -0.644. The predicted molar refractivity (Wildman–Crippen MR) is 60.0 cm³/mol. The number of halogens is 2. The van der Waals surface area contributed by atoms with Crippen LogP contribution in [0, 0.1) is 0 Å². The van der Waals surface area contributed by atoms with Crippen molar-refractivity contribution in [3.05, 3.63) is 0 Å². The molecule has 2 aliphatic heterocycles. The smallest absolute Gasteiger partial charge is 0.262 e. The summed E-state index contributed by atoms with van der Waals surface area (Å²) in [7, 11) is 2.00. The summed E-state index contributed by atoms with van der Waals surface area (Å²) < 4.78 is 25.9. The van der Waals surface area contributed by atoms with E-state index in [9.17, 15) is 13.6 Å². The van der Waals surface area contributed by atoms with Gasteiger partial charge in [-0.05, 0) is 26.4 Å². The summed E-state index contributed by atoms with van der Waals surface area (Å²) in [5.74, 6) is -3.03. The summed E-state index contributed by atoms with van der Waals surface area (Å²) in [5, 5.41) is 5.42. The number of likely N-dealkylation sites (tertiary alicyclic amines) is 1. The van der Waals surface area contributed by atoms with Crippen LogP contribution in [0.2, 0.25) is 0 Å². The van der Waals surface area contributed by atoms with Crippen molar-refractivity contribution in [3.8, 4) is 0 Å². The molecule has 6 heteroatoms. The van der Waals surface area contributed by atoms with Crippen molar-refractivity contribution in [2.45, 2.75) is 37.3 Å². The van der Waals surface area contributed by atoms with Crippen LogP contribution in [0.25, 0.3) is 0 Å². The molecule has 0 aromatic heterocycles. The minimum atomic E-state index is -2.74. The van der Waals surface area contributed by atoms with Crippen molar-refractivity contribution >= 4 is 5.91 Å². The second-order valence-corrected chi connectivity index (χ2v) is 5.10. The lowest BCUT2D eigenvalue weighted by molar-refractivity contribution is -0.124. The van der Waals surface area contributed by atoms with Gasteiger partial charge in [0.05, 0.1) is 12.6 Å². The Hall–Kier alpha value is -0.750. The van der Waals surface area contributed by atoms with Gasteiger partial charge in [0.1, 0.15) is 0 Å². The fourth-order valence-corrected chi connectivity index (χ4v) is 2.49.